The molecular weight excluding hydrogens is 290 g/mol. The average Bonchev–Trinajstić information content (AvgIpc) is 2.53. The number of hydrogen-bond acceptors (Lipinski definition) is 3. The molecule has 1 aliphatic rings. The number of Topliss-reactive ketones (excluding diaryl/α,β-unsaturated/α-hetero) is 1. The van der Waals surface area contributed by atoms with Gasteiger partial charge in [-0.15, -0.1) is 0 Å². The molecule has 0 aromatic heterocycles. The fourth-order valence-corrected chi connectivity index (χ4v) is 3.11. The molecule has 0 heterocycles. The summed E-state index contributed by atoms with van der Waals surface area (Å²) in [7, 11) is 0. The standard InChI is InChI=1S/C19H17NO3/c1-19(2)12-14(18(21)16-5-3-4-6-17(16)19)11-13-7-9-15(10-8-13)20(22)23/h3-11H,12H2,1-2H3/b14-11+. The molecule has 2 aromatic rings. The number of carbonyl (C=O) groups is 1. The number of nitro benzene ring substituents is 1. The van der Waals surface area contributed by atoms with Crippen molar-refractivity contribution in [2.75, 3.05) is 0 Å². The van der Waals surface area contributed by atoms with Crippen LogP contribution in [0.5, 0.6) is 0 Å². The van der Waals surface area contributed by atoms with Gasteiger partial charge in [-0.25, -0.2) is 0 Å². The number of nitro groups is 1. The number of non-ortho nitro benzene ring substituents is 1. The van der Waals surface area contributed by atoms with Gasteiger partial charge in [0.2, 0.25) is 0 Å². The molecule has 0 bridgehead atoms. The van der Waals surface area contributed by atoms with Gasteiger partial charge in [-0.3, -0.25) is 14.9 Å². The molecule has 0 fully saturated rings. The smallest absolute Gasteiger partial charge is 0.269 e. The molecule has 3 rings (SSSR count). The van der Waals surface area contributed by atoms with Crippen molar-refractivity contribution in [3.05, 3.63) is 80.9 Å². The molecule has 2 aromatic carbocycles. The molecule has 0 N–H and O–H groups in total. The lowest BCUT2D eigenvalue weighted by Crippen LogP contribution is -2.29. The Morgan fingerprint density at radius 1 is 1.09 bits per heavy atom. The van der Waals surface area contributed by atoms with E-state index in [0.29, 0.717) is 6.42 Å². The highest BCUT2D eigenvalue weighted by atomic mass is 16.6. The van der Waals surface area contributed by atoms with Crippen LogP contribution in [0.15, 0.2) is 54.1 Å². The number of carbonyl (C=O) groups excluding carboxylic acids is 1. The average molecular weight is 307 g/mol. The van der Waals surface area contributed by atoms with E-state index in [1.54, 1.807) is 12.1 Å². The summed E-state index contributed by atoms with van der Waals surface area (Å²) in [5.74, 6) is 0.0401. The Morgan fingerprint density at radius 2 is 1.74 bits per heavy atom. The number of rotatable bonds is 2. The minimum Gasteiger partial charge on any atom is -0.289 e. The Labute approximate surface area is 134 Å². The van der Waals surface area contributed by atoms with Gasteiger partial charge in [0.15, 0.2) is 5.78 Å². The second-order valence-corrected chi connectivity index (χ2v) is 6.45. The third kappa shape index (κ3) is 2.80. The lowest BCUT2D eigenvalue weighted by molar-refractivity contribution is -0.384. The van der Waals surface area contributed by atoms with Crippen molar-refractivity contribution in [3.63, 3.8) is 0 Å². The fourth-order valence-electron chi connectivity index (χ4n) is 3.11. The summed E-state index contributed by atoms with van der Waals surface area (Å²) in [5.41, 5.74) is 3.30. The van der Waals surface area contributed by atoms with Crippen molar-refractivity contribution < 1.29 is 9.72 Å². The van der Waals surface area contributed by atoms with Gasteiger partial charge in [-0.05, 0) is 41.2 Å². The Balaban J connectivity index is 2.01. The zero-order chi connectivity index (χ0) is 16.6. The highest BCUT2D eigenvalue weighted by Crippen LogP contribution is 2.39. The number of allylic oxidation sites excluding steroid dienone is 1. The third-order valence-electron chi connectivity index (χ3n) is 4.27. The molecule has 23 heavy (non-hydrogen) atoms. The first-order chi connectivity index (χ1) is 10.9. The summed E-state index contributed by atoms with van der Waals surface area (Å²) in [6.07, 6.45) is 2.49. The van der Waals surface area contributed by atoms with Gasteiger partial charge >= 0.3 is 0 Å². The van der Waals surface area contributed by atoms with Gasteiger partial charge < -0.3 is 0 Å². The molecule has 0 spiro atoms. The van der Waals surface area contributed by atoms with Crippen molar-refractivity contribution in [1.82, 2.24) is 0 Å². The van der Waals surface area contributed by atoms with E-state index in [9.17, 15) is 14.9 Å². The van der Waals surface area contributed by atoms with Gasteiger partial charge in [0.05, 0.1) is 4.92 Å². The molecule has 1 aliphatic carbocycles. The molecule has 0 saturated heterocycles. The van der Waals surface area contributed by atoms with Crippen LogP contribution < -0.4 is 0 Å². The van der Waals surface area contributed by atoms with Crippen LogP contribution in [0.25, 0.3) is 6.08 Å². The third-order valence-corrected chi connectivity index (χ3v) is 4.27. The van der Waals surface area contributed by atoms with Crippen LogP contribution in [0, 0.1) is 10.1 Å². The Hall–Kier alpha value is -2.75. The lowest BCUT2D eigenvalue weighted by Gasteiger charge is -2.33. The summed E-state index contributed by atoms with van der Waals surface area (Å²) in [6.45, 7) is 4.25. The van der Waals surface area contributed by atoms with Crippen LogP contribution >= 0.6 is 0 Å². The number of benzene rings is 2. The van der Waals surface area contributed by atoms with E-state index in [-0.39, 0.29) is 16.9 Å². The number of fused-ring (bicyclic) bond motifs is 1. The first kappa shape index (κ1) is 15.2. The molecule has 0 saturated carbocycles. The fraction of sp³-hybridized carbons (Fsp3) is 0.211. The quantitative estimate of drug-likeness (QED) is 0.465. The SMILES string of the molecule is CC1(C)C/C(=C\c2ccc([N+](=O)[O-])cc2)C(=O)c2ccccc21. The van der Waals surface area contributed by atoms with E-state index in [4.69, 9.17) is 0 Å². The summed E-state index contributed by atoms with van der Waals surface area (Å²) in [4.78, 5) is 23.0. The van der Waals surface area contributed by atoms with Gasteiger partial charge in [0.1, 0.15) is 0 Å². The molecule has 0 radical (unpaired) electrons. The van der Waals surface area contributed by atoms with Crippen LogP contribution in [0.3, 0.4) is 0 Å². The largest absolute Gasteiger partial charge is 0.289 e. The van der Waals surface area contributed by atoms with Crippen molar-refractivity contribution >= 4 is 17.5 Å². The van der Waals surface area contributed by atoms with Gasteiger partial charge in [0, 0.05) is 23.3 Å². The zero-order valence-corrected chi connectivity index (χ0v) is 13.1. The van der Waals surface area contributed by atoms with Gasteiger partial charge in [-0.1, -0.05) is 38.1 Å². The first-order valence-corrected chi connectivity index (χ1v) is 7.48. The minimum absolute atomic E-state index is 0.0401. The Bertz CT molecular complexity index is 817. The van der Waals surface area contributed by atoms with Crippen molar-refractivity contribution in [3.8, 4) is 0 Å². The Kier molecular flexibility index (Phi) is 3.60. The maximum absolute atomic E-state index is 12.7. The molecule has 4 nitrogen and oxygen atoms in total. The molecular formula is C19H17NO3. The van der Waals surface area contributed by atoms with Crippen molar-refractivity contribution in [1.29, 1.82) is 0 Å². The van der Waals surface area contributed by atoms with E-state index in [2.05, 4.69) is 13.8 Å². The van der Waals surface area contributed by atoms with Crippen molar-refractivity contribution in [2.45, 2.75) is 25.7 Å². The second kappa shape index (κ2) is 5.47. The topological polar surface area (TPSA) is 60.2 Å². The monoisotopic (exact) mass is 307 g/mol. The predicted molar refractivity (Wildman–Crippen MR) is 89.5 cm³/mol. The van der Waals surface area contributed by atoms with E-state index in [1.807, 2.05) is 30.3 Å². The van der Waals surface area contributed by atoms with E-state index < -0.39 is 4.92 Å². The first-order valence-electron chi connectivity index (χ1n) is 7.48. The maximum Gasteiger partial charge on any atom is 0.269 e. The second-order valence-electron chi connectivity index (χ2n) is 6.45. The molecule has 0 amide bonds. The highest BCUT2D eigenvalue weighted by Gasteiger charge is 2.34. The maximum atomic E-state index is 12.7. The van der Waals surface area contributed by atoms with Crippen LogP contribution in [-0.4, -0.2) is 10.7 Å². The Morgan fingerprint density at radius 3 is 2.39 bits per heavy atom. The van der Waals surface area contributed by atoms with E-state index in [0.717, 1.165) is 22.3 Å². The number of hydrogen-bond donors (Lipinski definition) is 0. The summed E-state index contributed by atoms with van der Waals surface area (Å²) >= 11 is 0. The van der Waals surface area contributed by atoms with Crippen molar-refractivity contribution in [2.24, 2.45) is 0 Å². The molecule has 116 valence electrons. The number of ketones is 1. The van der Waals surface area contributed by atoms with Crippen LogP contribution in [0.4, 0.5) is 5.69 Å². The molecule has 0 atom stereocenters. The molecule has 0 aliphatic heterocycles. The molecule has 4 heteroatoms. The minimum atomic E-state index is -0.429. The lowest BCUT2D eigenvalue weighted by atomic mass is 9.70. The summed E-state index contributed by atoms with van der Waals surface area (Å²) in [5, 5.41) is 10.7. The van der Waals surface area contributed by atoms with Gasteiger partial charge in [0.25, 0.3) is 5.69 Å². The van der Waals surface area contributed by atoms with Crippen LogP contribution in [0.1, 0.15) is 41.8 Å². The van der Waals surface area contributed by atoms with Crippen LogP contribution in [-0.2, 0) is 5.41 Å². The van der Waals surface area contributed by atoms with E-state index >= 15 is 0 Å². The highest BCUT2D eigenvalue weighted by molar-refractivity contribution is 6.13. The molecule has 0 unspecified atom stereocenters. The normalized spacial score (nSPS) is 17.8. The van der Waals surface area contributed by atoms with Gasteiger partial charge in [-0.2, -0.15) is 0 Å². The number of nitrogens with zero attached hydrogens (tertiary/aromatic N) is 1. The van der Waals surface area contributed by atoms with E-state index in [1.165, 1.54) is 12.1 Å². The summed E-state index contributed by atoms with van der Waals surface area (Å²) < 4.78 is 0. The zero-order valence-electron chi connectivity index (χ0n) is 13.1. The summed E-state index contributed by atoms with van der Waals surface area (Å²) in [6, 6.07) is 14.0. The predicted octanol–water partition coefficient (Wildman–Crippen LogP) is 4.54. The van der Waals surface area contributed by atoms with Crippen LogP contribution in [0.2, 0.25) is 0 Å².